The zero-order valence-corrected chi connectivity index (χ0v) is 21.3. The van der Waals surface area contributed by atoms with Gasteiger partial charge in [-0.05, 0) is 56.9 Å². The van der Waals surface area contributed by atoms with Gasteiger partial charge in [0.25, 0.3) is 0 Å². The fourth-order valence-electron chi connectivity index (χ4n) is 4.17. The largest absolute Gasteiger partial charge is 0.507 e. The highest BCUT2D eigenvalue weighted by Crippen LogP contribution is 2.37. The highest BCUT2D eigenvalue weighted by molar-refractivity contribution is 6.00. The standard InChI is InChI=1S/C28H39NO5/c1-6-10-20-17-24(19(5)31)27(32)23(12-8-3)28(20)34-16-9-15-33-25-14-13-21(18(4)30)26(29)22(25)11-7-2/h13-14,17,32H,6-12,15-16,29H2,1-5H3. The number of carbonyl (C=O) groups excluding carboxylic acids is 2. The first kappa shape index (κ1) is 27.2. The van der Waals surface area contributed by atoms with Gasteiger partial charge in [0.2, 0.25) is 0 Å². The Bertz CT molecular complexity index is 1010. The third kappa shape index (κ3) is 6.52. The molecule has 0 heterocycles. The number of hydrogen-bond donors (Lipinski definition) is 2. The fraction of sp³-hybridized carbons (Fsp3) is 0.500. The fourth-order valence-corrected chi connectivity index (χ4v) is 4.17. The molecule has 0 atom stereocenters. The maximum atomic E-state index is 12.0. The van der Waals surface area contributed by atoms with Crippen LogP contribution < -0.4 is 15.2 Å². The second kappa shape index (κ2) is 13.0. The number of Topliss-reactive ketones (excluding diaryl/α,β-unsaturated/α-hetero) is 2. The predicted molar refractivity (Wildman–Crippen MR) is 137 cm³/mol. The van der Waals surface area contributed by atoms with Gasteiger partial charge < -0.3 is 20.3 Å². The molecule has 34 heavy (non-hydrogen) atoms. The molecule has 3 N–H and O–H groups in total. The highest BCUT2D eigenvalue weighted by atomic mass is 16.5. The maximum Gasteiger partial charge on any atom is 0.163 e. The minimum Gasteiger partial charge on any atom is -0.507 e. The summed E-state index contributed by atoms with van der Waals surface area (Å²) in [6.07, 6.45) is 5.41. The molecule has 6 nitrogen and oxygen atoms in total. The summed E-state index contributed by atoms with van der Waals surface area (Å²) in [5, 5.41) is 10.7. The molecular weight excluding hydrogens is 430 g/mol. The Morgan fingerprint density at radius 2 is 1.44 bits per heavy atom. The lowest BCUT2D eigenvalue weighted by molar-refractivity contribution is 0.100. The molecule has 0 unspecified atom stereocenters. The summed E-state index contributed by atoms with van der Waals surface area (Å²) in [6.45, 7) is 10.0. The van der Waals surface area contributed by atoms with E-state index in [-0.39, 0.29) is 17.3 Å². The van der Waals surface area contributed by atoms with Crippen LogP contribution in [0.25, 0.3) is 0 Å². The van der Waals surface area contributed by atoms with Crippen molar-refractivity contribution in [1.29, 1.82) is 0 Å². The number of ketones is 2. The van der Waals surface area contributed by atoms with E-state index in [4.69, 9.17) is 15.2 Å². The molecule has 0 amide bonds. The first-order valence-corrected chi connectivity index (χ1v) is 12.3. The molecule has 2 aromatic rings. The summed E-state index contributed by atoms with van der Waals surface area (Å²) in [5.74, 6) is 1.22. The predicted octanol–water partition coefficient (Wildman–Crippen LogP) is 6.09. The zero-order valence-electron chi connectivity index (χ0n) is 21.3. The van der Waals surface area contributed by atoms with Gasteiger partial charge in [-0.2, -0.15) is 0 Å². The molecule has 0 radical (unpaired) electrons. The van der Waals surface area contributed by atoms with Crippen molar-refractivity contribution >= 4 is 17.3 Å². The first-order valence-electron chi connectivity index (χ1n) is 12.3. The van der Waals surface area contributed by atoms with E-state index in [1.807, 2.05) is 13.0 Å². The van der Waals surface area contributed by atoms with Gasteiger partial charge in [-0.3, -0.25) is 9.59 Å². The number of carbonyl (C=O) groups is 2. The molecule has 0 aliphatic carbocycles. The van der Waals surface area contributed by atoms with Crippen molar-refractivity contribution in [2.45, 2.75) is 79.6 Å². The molecule has 0 saturated carbocycles. The lowest BCUT2D eigenvalue weighted by Crippen LogP contribution is -2.11. The van der Waals surface area contributed by atoms with E-state index in [9.17, 15) is 14.7 Å². The summed E-state index contributed by atoms with van der Waals surface area (Å²) in [4.78, 5) is 23.9. The summed E-state index contributed by atoms with van der Waals surface area (Å²) in [5.41, 5.74) is 10.2. The van der Waals surface area contributed by atoms with Crippen LogP contribution in [0.4, 0.5) is 5.69 Å². The van der Waals surface area contributed by atoms with Crippen LogP contribution in [0.3, 0.4) is 0 Å². The molecule has 0 bridgehead atoms. The van der Waals surface area contributed by atoms with Gasteiger partial charge in [0.05, 0.1) is 18.8 Å². The Balaban J connectivity index is 2.14. The van der Waals surface area contributed by atoms with E-state index in [2.05, 4.69) is 13.8 Å². The van der Waals surface area contributed by atoms with Crippen molar-refractivity contribution in [1.82, 2.24) is 0 Å². The van der Waals surface area contributed by atoms with Crippen LogP contribution in [0.2, 0.25) is 0 Å². The van der Waals surface area contributed by atoms with E-state index in [1.165, 1.54) is 13.8 Å². The number of aromatic hydroxyl groups is 1. The monoisotopic (exact) mass is 469 g/mol. The Kier molecular flexibility index (Phi) is 10.4. The van der Waals surface area contributed by atoms with E-state index < -0.39 is 0 Å². The number of anilines is 1. The van der Waals surface area contributed by atoms with Crippen LogP contribution >= 0.6 is 0 Å². The molecule has 0 aromatic heterocycles. The lowest BCUT2D eigenvalue weighted by Gasteiger charge is -2.19. The Morgan fingerprint density at radius 3 is 2.03 bits per heavy atom. The summed E-state index contributed by atoms with van der Waals surface area (Å²) < 4.78 is 12.2. The van der Waals surface area contributed by atoms with Crippen LogP contribution in [0.1, 0.15) is 97.7 Å². The number of benzene rings is 2. The Hall–Kier alpha value is -3.02. The van der Waals surface area contributed by atoms with Crippen LogP contribution in [0.15, 0.2) is 18.2 Å². The van der Waals surface area contributed by atoms with Gasteiger partial charge in [-0.25, -0.2) is 0 Å². The molecule has 0 fully saturated rings. The second-order valence-electron chi connectivity index (χ2n) is 8.66. The van der Waals surface area contributed by atoms with E-state index in [1.54, 1.807) is 12.1 Å². The van der Waals surface area contributed by atoms with E-state index in [0.29, 0.717) is 59.9 Å². The summed E-state index contributed by atoms with van der Waals surface area (Å²) >= 11 is 0. The average molecular weight is 470 g/mol. The molecule has 186 valence electrons. The topological polar surface area (TPSA) is 98.9 Å². The number of phenolic OH excluding ortho intramolecular Hbond substituents is 1. The second-order valence-corrected chi connectivity index (χ2v) is 8.66. The Labute approximate surface area is 203 Å². The van der Waals surface area contributed by atoms with E-state index >= 15 is 0 Å². The SMILES string of the molecule is CCCc1cc(C(C)=O)c(O)c(CCC)c1OCCCOc1ccc(C(C)=O)c(N)c1CCC. The number of aryl methyl sites for hydroxylation is 1. The van der Waals surface area contributed by atoms with Crippen molar-refractivity contribution in [3.8, 4) is 17.2 Å². The van der Waals surface area contributed by atoms with E-state index in [0.717, 1.165) is 43.2 Å². The highest BCUT2D eigenvalue weighted by Gasteiger charge is 2.20. The van der Waals surface area contributed by atoms with Crippen LogP contribution in [0, 0.1) is 0 Å². The van der Waals surface area contributed by atoms with Crippen molar-refractivity contribution in [3.63, 3.8) is 0 Å². The summed E-state index contributed by atoms with van der Waals surface area (Å²) in [6, 6.07) is 5.30. The van der Waals surface area contributed by atoms with Gasteiger partial charge in [0.1, 0.15) is 17.2 Å². The molecule has 0 aliphatic heterocycles. The minimum absolute atomic E-state index is 0.0331. The number of phenols is 1. The average Bonchev–Trinajstić information content (AvgIpc) is 2.78. The quantitative estimate of drug-likeness (QED) is 0.197. The van der Waals surface area contributed by atoms with Gasteiger partial charge in [-0.1, -0.05) is 40.0 Å². The molecule has 0 aliphatic rings. The van der Waals surface area contributed by atoms with Crippen LogP contribution in [0.5, 0.6) is 17.2 Å². The number of nitrogens with two attached hydrogens (primary N) is 1. The lowest BCUT2D eigenvalue weighted by atomic mass is 9.95. The molecule has 2 rings (SSSR count). The molecule has 2 aromatic carbocycles. The van der Waals surface area contributed by atoms with Crippen molar-refractivity contribution < 1.29 is 24.2 Å². The normalized spacial score (nSPS) is 10.9. The van der Waals surface area contributed by atoms with Gasteiger partial charge >= 0.3 is 0 Å². The Morgan fingerprint density at radius 1 is 0.853 bits per heavy atom. The zero-order chi connectivity index (χ0) is 25.3. The number of hydrogen-bond acceptors (Lipinski definition) is 6. The van der Waals surface area contributed by atoms with Crippen LogP contribution in [-0.4, -0.2) is 29.9 Å². The molecular formula is C28H39NO5. The van der Waals surface area contributed by atoms with Crippen LogP contribution in [-0.2, 0) is 19.3 Å². The van der Waals surface area contributed by atoms with Gasteiger partial charge in [-0.15, -0.1) is 0 Å². The third-order valence-corrected chi connectivity index (χ3v) is 5.81. The summed E-state index contributed by atoms with van der Waals surface area (Å²) in [7, 11) is 0. The van der Waals surface area contributed by atoms with Crippen molar-refractivity contribution in [3.05, 3.63) is 46.0 Å². The number of nitrogen functional groups attached to an aromatic ring is 1. The number of rotatable bonds is 14. The third-order valence-electron chi connectivity index (χ3n) is 5.81. The van der Waals surface area contributed by atoms with Gasteiger partial charge in [0.15, 0.2) is 11.6 Å². The molecule has 0 spiro atoms. The maximum absolute atomic E-state index is 12.0. The van der Waals surface area contributed by atoms with Crippen molar-refractivity contribution in [2.75, 3.05) is 18.9 Å². The first-order chi connectivity index (χ1) is 16.3. The number of ether oxygens (including phenoxy) is 2. The molecule has 0 saturated heterocycles. The minimum atomic E-state index is -0.148. The molecule has 6 heteroatoms. The smallest absolute Gasteiger partial charge is 0.163 e. The van der Waals surface area contributed by atoms with Crippen molar-refractivity contribution in [2.24, 2.45) is 0 Å². The van der Waals surface area contributed by atoms with Gasteiger partial charge in [0, 0.05) is 28.8 Å².